The highest BCUT2D eigenvalue weighted by molar-refractivity contribution is 4.73. The molecule has 114 valence electrons. The summed E-state index contributed by atoms with van der Waals surface area (Å²) in [7, 11) is 0. The second-order valence-electron chi connectivity index (χ2n) is 6.58. The van der Waals surface area contributed by atoms with Crippen LogP contribution in [-0.4, -0.2) is 11.2 Å². The maximum atomic E-state index is 10.2. The Morgan fingerprint density at radius 3 is 1.89 bits per heavy atom. The van der Waals surface area contributed by atoms with Gasteiger partial charge in [-0.25, -0.2) is 0 Å². The third kappa shape index (κ3) is 8.68. The lowest BCUT2D eigenvalue weighted by atomic mass is 9.83. The van der Waals surface area contributed by atoms with Crippen molar-refractivity contribution in [3.63, 3.8) is 0 Å². The normalized spacial score (nSPS) is 18.6. The topological polar surface area (TPSA) is 20.2 Å². The molecule has 0 aromatic carbocycles. The van der Waals surface area contributed by atoms with Crippen molar-refractivity contribution in [2.45, 2.75) is 109 Å². The van der Waals surface area contributed by atoms with Crippen LogP contribution in [0.1, 0.15) is 103 Å². The van der Waals surface area contributed by atoms with Gasteiger partial charge in [-0.2, -0.15) is 0 Å². The smallest absolute Gasteiger partial charge is 0.0568 e. The molecule has 0 spiro atoms. The van der Waals surface area contributed by atoms with Gasteiger partial charge in [0.25, 0.3) is 0 Å². The number of hydrogen-bond acceptors (Lipinski definition) is 1. The van der Waals surface area contributed by atoms with Crippen molar-refractivity contribution in [2.24, 2.45) is 5.92 Å². The first-order valence-corrected chi connectivity index (χ1v) is 9.02. The van der Waals surface area contributed by atoms with Crippen LogP contribution < -0.4 is 0 Å². The van der Waals surface area contributed by atoms with Crippen molar-refractivity contribution in [3.8, 4) is 0 Å². The van der Waals surface area contributed by atoms with Gasteiger partial charge in [0.1, 0.15) is 0 Å². The van der Waals surface area contributed by atoms with E-state index in [2.05, 4.69) is 6.92 Å². The fraction of sp³-hybridized carbons (Fsp3) is 1.00. The molecule has 1 aliphatic rings. The van der Waals surface area contributed by atoms with Gasteiger partial charge >= 0.3 is 0 Å². The number of rotatable bonds is 11. The van der Waals surface area contributed by atoms with E-state index in [0.29, 0.717) is 5.92 Å². The van der Waals surface area contributed by atoms with Gasteiger partial charge in [-0.1, -0.05) is 84.0 Å². The van der Waals surface area contributed by atoms with Gasteiger partial charge in [-0.15, -0.1) is 0 Å². The lowest BCUT2D eigenvalue weighted by Gasteiger charge is -2.26. The molecule has 1 N–H and O–H groups in total. The summed E-state index contributed by atoms with van der Waals surface area (Å²) in [4.78, 5) is 0. The Kier molecular flexibility index (Phi) is 10.5. The average molecular weight is 268 g/mol. The van der Waals surface area contributed by atoms with Crippen molar-refractivity contribution in [3.05, 3.63) is 0 Å². The molecule has 1 rings (SSSR count). The third-order valence-corrected chi connectivity index (χ3v) is 4.80. The summed E-state index contributed by atoms with van der Waals surface area (Å²) < 4.78 is 0. The lowest BCUT2D eigenvalue weighted by Crippen LogP contribution is -2.22. The first-order chi connectivity index (χ1) is 9.34. The summed E-state index contributed by atoms with van der Waals surface area (Å²) in [5.41, 5.74) is 0. The molecule has 1 aliphatic carbocycles. The van der Waals surface area contributed by atoms with Crippen LogP contribution in [0.15, 0.2) is 0 Å². The van der Waals surface area contributed by atoms with Crippen LogP contribution >= 0.6 is 0 Å². The first-order valence-electron chi connectivity index (χ1n) is 9.02. The van der Waals surface area contributed by atoms with E-state index in [1.54, 1.807) is 0 Å². The maximum absolute atomic E-state index is 10.2. The zero-order valence-corrected chi connectivity index (χ0v) is 13.2. The monoisotopic (exact) mass is 268 g/mol. The second-order valence-corrected chi connectivity index (χ2v) is 6.58. The minimum Gasteiger partial charge on any atom is -0.393 e. The summed E-state index contributed by atoms with van der Waals surface area (Å²) >= 11 is 0. The summed E-state index contributed by atoms with van der Waals surface area (Å²) in [6.45, 7) is 2.28. The fourth-order valence-electron chi connectivity index (χ4n) is 3.42. The summed E-state index contributed by atoms with van der Waals surface area (Å²) in [5.74, 6) is 0.628. The van der Waals surface area contributed by atoms with Gasteiger partial charge < -0.3 is 5.11 Å². The highest BCUT2D eigenvalue weighted by Gasteiger charge is 2.20. The standard InChI is InChI=1S/C18H36O/c1-2-3-4-5-6-7-8-9-13-16-18(19)17-14-11-10-12-15-17/h17-19H,2-16H2,1H3. The second kappa shape index (κ2) is 11.8. The van der Waals surface area contributed by atoms with E-state index in [-0.39, 0.29) is 6.10 Å². The zero-order chi connectivity index (χ0) is 13.8. The molecule has 1 fully saturated rings. The average Bonchev–Trinajstić information content (AvgIpc) is 2.46. The lowest BCUT2D eigenvalue weighted by molar-refractivity contribution is 0.0748. The Labute approximate surface area is 121 Å². The molecule has 1 heteroatoms. The Hall–Kier alpha value is -0.0400. The van der Waals surface area contributed by atoms with E-state index in [4.69, 9.17) is 0 Å². The van der Waals surface area contributed by atoms with Crippen LogP contribution in [0, 0.1) is 5.92 Å². The minimum atomic E-state index is 0.00449. The van der Waals surface area contributed by atoms with Gasteiger partial charge in [-0.05, 0) is 25.2 Å². The van der Waals surface area contributed by atoms with Crippen LogP contribution in [0.25, 0.3) is 0 Å². The number of aliphatic hydroxyl groups is 1. The van der Waals surface area contributed by atoms with Crippen LogP contribution in [0.2, 0.25) is 0 Å². The molecule has 0 radical (unpaired) electrons. The van der Waals surface area contributed by atoms with Crippen molar-refractivity contribution in [1.82, 2.24) is 0 Å². The molecule has 1 nitrogen and oxygen atoms in total. The van der Waals surface area contributed by atoms with Crippen LogP contribution in [0.5, 0.6) is 0 Å². The zero-order valence-electron chi connectivity index (χ0n) is 13.2. The third-order valence-electron chi connectivity index (χ3n) is 4.80. The summed E-state index contributed by atoms with van der Waals surface area (Å²) in [6.07, 6.45) is 20.1. The number of unbranched alkanes of at least 4 members (excludes halogenated alkanes) is 8. The van der Waals surface area contributed by atoms with Crippen molar-refractivity contribution >= 4 is 0 Å². The van der Waals surface area contributed by atoms with E-state index < -0.39 is 0 Å². The molecule has 0 heterocycles. The Morgan fingerprint density at radius 1 is 0.789 bits per heavy atom. The molecule has 0 amide bonds. The van der Waals surface area contributed by atoms with E-state index >= 15 is 0 Å². The highest BCUT2D eigenvalue weighted by atomic mass is 16.3. The molecule has 1 unspecified atom stereocenters. The maximum Gasteiger partial charge on any atom is 0.0568 e. The van der Waals surface area contributed by atoms with Crippen molar-refractivity contribution in [2.75, 3.05) is 0 Å². The predicted octanol–water partition coefficient (Wildman–Crippen LogP) is 5.85. The van der Waals surface area contributed by atoms with E-state index in [1.807, 2.05) is 0 Å². The molecule has 1 atom stereocenters. The first kappa shape index (κ1) is 17.0. The van der Waals surface area contributed by atoms with Gasteiger partial charge in [0.15, 0.2) is 0 Å². The largest absolute Gasteiger partial charge is 0.393 e. The molecule has 0 aromatic heterocycles. The Bertz CT molecular complexity index is 184. The molecular weight excluding hydrogens is 232 g/mol. The molecule has 19 heavy (non-hydrogen) atoms. The van der Waals surface area contributed by atoms with Gasteiger partial charge in [-0.3, -0.25) is 0 Å². The predicted molar refractivity (Wildman–Crippen MR) is 84.4 cm³/mol. The quantitative estimate of drug-likeness (QED) is 0.466. The van der Waals surface area contributed by atoms with E-state index in [9.17, 15) is 5.11 Å². The highest BCUT2D eigenvalue weighted by Crippen LogP contribution is 2.28. The van der Waals surface area contributed by atoms with E-state index in [0.717, 1.165) is 6.42 Å². The summed E-state index contributed by atoms with van der Waals surface area (Å²) in [5, 5.41) is 10.2. The van der Waals surface area contributed by atoms with Crippen molar-refractivity contribution in [1.29, 1.82) is 0 Å². The number of hydrogen-bond donors (Lipinski definition) is 1. The molecule has 0 aliphatic heterocycles. The summed E-state index contributed by atoms with van der Waals surface area (Å²) in [6, 6.07) is 0. The van der Waals surface area contributed by atoms with Crippen molar-refractivity contribution < 1.29 is 5.11 Å². The van der Waals surface area contributed by atoms with E-state index in [1.165, 1.54) is 89.9 Å². The minimum absolute atomic E-state index is 0.00449. The molecule has 0 saturated heterocycles. The Balaban J connectivity index is 1.84. The SMILES string of the molecule is CCCCCCCCCCCC(O)C1CCCCC1. The van der Waals surface area contributed by atoms with Gasteiger partial charge in [0, 0.05) is 0 Å². The molecule has 1 saturated carbocycles. The van der Waals surface area contributed by atoms with Crippen LogP contribution in [0.4, 0.5) is 0 Å². The van der Waals surface area contributed by atoms with Gasteiger partial charge in [0.2, 0.25) is 0 Å². The fourth-order valence-corrected chi connectivity index (χ4v) is 3.42. The van der Waals surface area contributed by atoms with Crippen LogP contribution in [-0.2, 0) is 0 Å². The Morgan fingerprint density at radius 2 is 1.32 bits per heavy atom. The molecular formula is C18H36O. The molecule has 0 bridgehead atoms. The van der Waals surface area contributed by atoms with Gasteiger partial charge in [0.05, 0.1) is 6.10 Å². The molecule has 0 aromatic rings. The van der Waals surface area contributed by atoms with Crippen LogP contribution in [0.3, 0.4) is 0 Å². The number of aliphatic hydroxyl groups excluding tert-OH is 1.